The fraction of sp³-hybridized carbons (Fsp3) is 0.750. The molecule has 6 heteroatoms. The van der Waals surface area contributed by atoms with E-state index >= 15 is 0 Å². The zero-order chi connectivity index (χ0) is 12.6. The van der Waals surface area contributed by atoms with Gasteiger partial charge in [-0.05, 0) is 37.8 Å². The molecule has 3 rings (SSSR count). The Morgan fingerprint density at radius 3 is 2.78 bits per heavy atom. The highest BCUT2D eigenvalue weighted by Gasteiger charge is 2.57. The van der Waals surface area contributed by atoms with Gasteiger partial charge in [-0.25, -0.2) is 0 Å². The van der Waals surface area contributed by atoms with Crippen LogP contribution in [0.15, 0.2) is 4.52 Å². The molecule has 0 atom stereocenters. The lowest BCUT2D eigenvalue weighted by Gasteiger charge is -2.10. The summed E-state index contributed by atoms with van der Waals surface area (Å²) in [4.78, 5) is 18.4. The monoisotopic (exact) mass is 251 g/mol. The van der Waals surface area contributed by atoms with Gasteiger partial charge in [-0.15, -0.1) is 0 Å². The van der Waals surface area contributed by atoms with Crippen LogP contribution in [0.2, 0.25) is 0 Å². The van der Waals surface area contributed by atoms with Gasteiger partial charge in [0.2, 0.25) is 5.89 Å². The zero-order valence-electron chi connectivity index (χ0n) is 10.5. The minimum Gasteiger partial charge on any atom is -0.465 e. The fourth-order valence-electron chi connectivity index (χ4n) is 2.36. The third kappa shape index (κ3) is 1.76. The van der Waals surface area contributed by atoms with E-state index in [1.54, 1.807) is 6.92 Å². The molecule has 2 fully saturated rings. The number of esters is 1. The second kappa shape index (κ2) is 4.26. The van der Waals surface area contributed by atoms with Crippen LogP contribution in [0.3, 0.4) is 0 Å². The van der Waals surface area contributed by atoms with Crippen LogP contribution in [0.4, 0.5) is 5.95 Å². The molecule has 1 aliphatic heterocycles. The lowest BCUT2D eigenvalue weighted by molar-refractivity contribution is -0.146. The molecule has 0 spiro atoms. The number of ether oxygens (including phenoxy) is 1. The van der Waals surface area contributed by atoms with Crippen LogP contribution >= 0.6 is 0 Å². The number of carbonyl (C=O) groups excluding carboxylic acids is 1. The summed E-state index contributed by atoms with van der Waals surface area (Å²) in [5, 5.41) is 3.98. The Morgan fingerprint density at radius 1 is 1.44 bits per heavy atom. The molecule has 1 saturated carbocycles. The van der Waals surface area contributed by atoms with Crippen molar-refractivity contribution in [1.29, 1.82) is 0 Å². The Balaban J connectivity index is 1.78. The lowest BCUT2D eigenvalue weighted by atomic mass is 10.1. The van der Waals surface area contributed by atoms with E-state index in [4.69, 9.17) is 9.26 Å². The summed E-state index contributed by atoms with van der Waals surface area (Å²) < 4.78 is 10.3. The van der Waals surface area contributed by atoms with E-state index in [0.717, 1.165) is 38.8 Å². The highest BCUT2D eigenvalue weighted by Crippen LogP contribution is 2.48. The molecule has 0 radical (unpaired) electrons. The molecule has 18 heavy (non-hydrogen) atoms. The van der Waals surface area contributed by atoms with Crippen LogP contribution in [0.5, 0.6) is 0 Å². The Kier molecular flexibility index (Phi) is 2.72. The van der Waals surface area contributed by atoms with E-state index in [2.05, 4.69) is 15.0 Å². The maximum atomic E-state index is 11.9. The van der Waals surface area contributed by atoms with Gasteiger partial charge in [0.05, 0.1) is 6.61 Å². The first kappa shape index (κ1) is 11.5. The van der Waals surface area contributed by atoms with Crippen molar-refractivity contribution in [2.75, 3.05) is 24.6 Å². The molecule has 6 nitrogen and oxygen atoms in total. The third-order valence-electron chi connectivity index (χ3n) is 3.63. The van der Waals surface area contributed by atoms with Crippen LogP contribution in [0, 0.1) is 0 Å². The zero-order valence-corrected chi connectivity index (χ0v) is 10.5. The Bertz CT molecular complexity index is 447. The molecule has 98 valence electrons. The van der Waals surface area contributed by atoms with E-state index in [0.29, 0.717) is 18.4 Å². The molecule has 0 bridgehead atoms. The number of aromatic nitrogens is 2. The normalized spacial score (nSPS) is 21.1. The SMILES string of the molecule is CCOC(=O)C1(c2nc(N3CCCC3)no2)CC1. The Hall–Kier alpha value is -1.59. The molecule has 1 aromatic rings. The number of hydrogen-bond acceptors (Lipinski definition) is 6. The third-order valence-corrected chi connectivity index (χ3v) is 3.63. The average Bonchev–Trinajstić information content (AvgIpc) is 2.83. The van der Waals surface area contributed by atoms with Crippen molar-refractivity contribution in [1.82, 2.24) is 10.1 Å². The second-order valence-electron chi connectivity index (χ2n) is 4.90. The first-order valence-corrected chi connectivity index (χ1v) is 6.52. The van der Waals surface area contributed by atoms with Crippen molar-refractivity contribution in [2.24, 2.45) is 0 Å². The number of hydrogen-bond donors (Lipinski definition) is 0. The van der Waals surface area contributed by atoms with Gasteiger partial charge in [0.15, 0.2) is 0 Å². The summed E-state index contributed by atoms with van der Waals surface area (Å²) in [7, 11) is 0. The summed E-state index contributed by atoms with van der Waals surface area (Å²) in [5.41, 5.74) is -0.652. The van der Waals surface area contributed by atoms with Gasteiger partial charge in [0.25, 0.3) is 5.95 Å². The number of carbonyl (C=O) groups is 1. The Morgan fingerprint density at radius 2 is 2.17 bits per heavy atom. The van der Waals surface area contributed by atoms with Crippen LogP contribution in [-0.4, -0.2) is 35.8 Å². The van der Waals surface area contributed by atoms with E-state index in [1.807, 2.05) is 0 Å². The maximum absolute atomic E-state index is 11.9. The molecule has 1 aliphatic carbocycles. The van der Waals surface area contributed by atoms with Gasteiger partial charge in [-0.1, -0.05) is 0 Å². The minimum absolute atomic E-state index is 0.235. The summed E-state index contributed by atoms with van der Waals surface area (Å²) in [6.07, 6.45) is 3.81. The van der Waals surface area contributed by atoms with Gasteiger partial charge in [-0.2, -0.15) is 4.98 Å². The standard InChI is InChI=1S/C12H17N3O3/c1-2-17-10(16)12(5-6-12)9-13-11(14-18-9)15-7-3-4-8-15/h2-8H2,1H3. The lowest BCUT2D eigenvalue weighted by Crippen LogP contribution is -2.24. The van der Waals surface area contributed by atoms with Gasteiger partial charge in [0.1, 0.15) is 5.41 Å². The first-order valence-electron chi connectivity index (χ1n) is 6.52. The van der Waals surface area contributed by atoms with Crippen LogP contribution in [0.1, 0.15) is 38.5 Å². The predicted molar refractivity (Wildman–Crippen MR) is 63.3 cm³/mol. The van der Waals surface area contributed by atoms with Crippen molar-refractivity contribution in [3.8, 4) is 0 Å². The smallest absolute Gasteiger partial charge is 0.321 e. The van der Waals surface area contributed by atoms with Gasteiger partial charge < -0.3 is 14.2 Å². The molecule has 2 heterocycles. The summed E-state index contributed by atoms with van der Waals surface area (Å²) in [6, 6.07) is 0. The Labute approximate surface area is 105 Å². The minimum atomic E-state index is -0.652. The quantitative estimate of drug-likeness (QED) is 0.750. The van der Waals surface area contributed by atoms with Crippen LogP contribution in [0.25, 0.3) is 0 Å². The number of anilines is 1. The summed E-state index contributed by atoms with van der Waals surface area (Å²) in [6.45, 7) is 4.11. The molecule has 0 amide bonds. The topological polar surface area (TPSA) is 68.5 Å². The highest BCUT2D eigenvalue weighted by atomic mass is 16.5. The maximum Gasteiger partial charge on any atom is 0.321 e. The highest BCUT2D eigenvalue weighted by molar-refractivity contribution is 5.85. The second-order valence-corrected chi connectivity index (χ2v) is 4.90. The summed E-state index contributed by atoms with van der Waals surface area (Å²) in [5.74, 6) is 0.794. The largest absolute Gasteiger partial charge is 0.465 e. The van der Waals surface area contributed by atoms with Gasteiger partial charge >= 0.3 is 5.97 Å². The molecule has 0 aromatic carbocycles. The summed E-state index contributed by atoms with van der Waals surface area (Å²) >= 11 is 0. The van der Waals surface area contributed by atoms with Crippen molar-refractivity contribution in [3.63, 3.8) is 0 Å². The molecule has 1 saturated heterocycles. The van der Waals surface area contributed by atoms with Crippen LogP contribution < -0.4 is 4.90 Å². The van der Waals surface area contributed by atoms with E-state index in [9.17, 15) is 4.79 Å². The fourth-order valence-corrected chi connectivity index (χ4v) is 2.36. The van der Waals surface area contributed by atoms with E-state index in [-0.39, 0.29) is 5.97 Å². The molecular formula is C12H17N3O3. The van der Waals surface area contributed by atoms with Crippen LogP contribution in [-0.2, 0) is 14.9 Å². The van der Waals surface area contributed by atoms with Crippen molar-refractivity contribution in [2.45, 2.75) is 38.0 Å². The molecule has 1 aromatic heterocycles. The number of rotatable bonds is 4. The van der Waals surface area contributed by atoms with Gasteiger partial charge in [-0.3, -0.25) is 4.79 Å². The molecule has 0 unspecified atom stereocenters. The molecule has 2 aliphatic rings. The van der Waals surface area contributed by atoms with Crippen molar-refractivity contribution < 1.29 is 14.1 Å². The number of nitrogens with zero attached hydrogens (tertiary/aromatic N) is 3. The van der Waals surface area contributed by atoms with Crippen molar-refractivity contribution >= 4 is 11.9 Å². The first-order chi connectivity index (χ1) is 8.76. The predicted octanol–water partition coefficient (Wildman–Crippen LogP) is 1.26. The van der Waals surface area contributed by atoms with E-state index in [1.165, 1.54) is 0 Å². The van der Waals surface area contributed by atoms with Gasteiger partial charge in [0, 0.05) is 13.1 Å². The van der Waals surface area contributed by atoms with Crippen molar-refractivity contribution in [3.05, 3.63) is 5.89 Å². The molecular weight excluding hydrogens is 234 g/mol. The van der Waals surface area contributed by atoms with E-state index < -0.39 is 5.41 Å². The average molecular weight is 251 g/mol. The molecule has 0 N–H and O–H groups in total.